The number of nitrogens with two attached hydrogens (primary N) is 1. The summed E-state index contributed by atoms with van der Waals surface area (Å²) in [6.07, 6.45) is 0.268. The SMILES string of the molecule is Nc1c(Br)cccc1-c1nc(Cc2ccccc2F)no1. The van der Waals surface area contributed by atoms with Gasteiger partial charge in [0.05, 0.1) is 11.3 Å². The molecule has 0 aliphatic carbocycles. The highest BCUT2D eigenvalue weighted by atomic mass is 79.9. The largest absolute Gasteiger partial charge is 0.397 e. The first-order chi connectivity index (χ1) is 10.1. The third-order valence-corrected chi connectivity index (χ3v) is 3.75. The lowest BCUT2D eigenvalue weighted by molar-refractivity contribution is 0.423. The molecule has 1 heterocycles. The monoisotopic (exact) mass is 347 g/mol. The molecule has 0 spiro atoms. The van der Waals surface area contributed by atoms with Crippen LogP contribution in [0.15, 0.2) is 51.5 Å². The van der Waals surface area contributed by atoms with Crippen molar-refractivity contribution in [3.8, 4) is 11.5 Å². The fourth-order valence-corrected chi connectivity index (χ4v) is 2.34. The van der Waals surface area contributed by atoms with E-state index in [0.29, 0.717) is 28.5 Å². The van der Waals surface area contributed by atoms with Crippen LogP contribution in [0.3, 0.4) is 0 Å². The normalized spacial score (nSPS) is 10.8. The maximum atomic E-state index is 13.6. The van der Waals surface area contributed by atoms with Crippen molar-refractivity contribution < 1.29 is 8.91 Å². The molecule has 3 aromatic rings. The van der Waals surface area contributed by atoms with Crippen LogP contribution in [0.5, 0.6) is 0 Å². The van der Waals surface area contributed by atoms with Crippen LogP contribution in [0.4, 0.5) is 10.1 Å². The second-order valence-corrected chi connectivity index (χ2v) is 5.34. The Labute approximate surface area is 128 Å². The number of aromatic nitrogens is 2. The van der Waals surface area contributed by atoms with Crippen LogP contribution in [-0.2, 0) is 6.42 Å². The molecule has 0 atom stereocenters. The van der Waals surface area contributed by atoms with Gasteiger partial charge in [-0.05, 0) is 39.7 Å². The molecular weight excluding hydrogens is 337 g/mol. The lowest BCUT2D eigenvalue weighted by atomic mass is 10.1. The molecule has 4 nitrogen and oxygen atoms in total. The van der Waals surface area contributed by atoms with Gasteiger partial charge in [-0.1, -0.05) is 29.4 Å². The van der Waals surface area contributed by atoms with Crippen molar-refractivity contribution in [3.63, 3.8) is 0 Å². The van der Waals surface area contributed by atoms with Crippen molar-refractivity contribution in [2.45, 2.75) is 6.42 Å². The van der Waals surface area contributed by atoms with Gasteiger partial charge in [-0.25, -0.2) is 4.39 Å². The standard InChI is InChI=1S/C15H11BrFN3O/c16-11-6-3-5-10(14(11)18)15-19-13(20-21-15)8-9-4-1-2-7-12(9)17/h1-7H,8,18H2. The minimum absolute atomic E-state index is 0.268. The number of nitrogens with zero attached hydrogens (tertiary/aromatic N) is 2. The summed E-state index contributed by atoms with van der Waals surface area (Å²) in [6.45, 7) is 0. The Morgan fingerprint density at radius 2 is 1.95 bits per heavy atom. The van der Waals surface area contributed by atoms with Crippen LogP contribution in [0.1, 0.15) is 11.4 Å². The van der Waals surface area contributed by atoms with E-state index >= 15 is 0 Å². The van der Waals surface area contributed by atoms with Gasteiger partial charge in [-0.2, -0.15) is 4.98 Å². The van der Waals surface area contributed by atoms with Gasteiger partial charge >= 0.3 is 0 Å². The number of hydrogen-bond acceptors (Lipinski definition) is 4. The number of halogens is 2. The molecule has 0 saturated carbocycles. The second-order valence-electron chi connectivity index (χ2n) is 4.49. The number of anilines is 1. The predicted molar refractivity (Wildman–Crippen MR) is 81.1 cm³/mol. The topological polar surface area (TPSA) is 64.9 Å². The van der Waals surface area contributed by atoms with Crippen molar-refractivity contribution in [3.05, 3.63) is 64.1 Å². The number of rotatable bonds is 3. The zero-order valence-electron chi connectivity index (χ0n) is 10.9. The smallest absolute Gasteiger partial charge is 0.260 e. The van der Waals surface area contributed by atoms with Gasteiger partial charge in [0.25, 0.3) is 5.89 Å². The Hall–Kier alpha value is -2.21. The summed E-state index contributed by atoms with van der Waals surface area (Å²) in [5.74, 6) is 0.445. The van der Waals surface area contributed by atoms with Crippen molar-refractivity contribution in [1.82, 2.24) is 10.1 Å². The quantitative estimate of drug-likeness (QED) is 0.731. The Morgan fingerprint density at radius 1 is 1.14 bits per heavy atom. The van der Waals surface area contributed by atoms with E-state index in [-0.39, 0.29) is 12.2 Å². The lowest BCUT2D eigenvalue weighted by Crippen LogP contribution is -1.95. The van der Waals surface area contributed by atoms with E-state index < -0.39 is 0 Å². The summed E-state index contributed by atoms with van der Waals surface area (Å²) in [5, 5.41) is 3.88. The number of para-hydroxylation sites is 1. The average molecular weight is 348 g/mol. The predicted octanol–water partition coefficient (Wildman–Crippen LogP) is 3.81. The maximum Gasteiger partial charge on any atom is 0.260 e. The first-order valence-electron chi connectivity index (χ1n) is 6.25. The maximum absolute atomic E-state index is 13.6. The van der Waals surface area contributed by atoms with Gasteiger partial charge in [0.2, 0.25) is 0 Å². The van der Waals surface area contributed by atoms with Crippen LogP contribution in [0.25, 0.3) is 11.5 Å². The molecule has 0 aliphatic heterocycles. The molecule has 21 heavy (non-hydrogen) atoms. The fraction of sp³-hybridized carbons (Fsp3) is 0.0667. The summed E-state index contributed by atoms with van der Waals surface area (Å²) < 4.78 is 19.6. The van der Waals surface area contributed by atoms with Crippen molar-refractivity contribution in [2.24, 2.45) is 0 Å². The zero-order chi connectivity index (χ0) is 14.8. The van der Waals surface area contributed by atoms with Crippen molar-refractivity contribution >= 4 is 21.6 Å². The molecule has 6 heteroatoms. The molecule has 0 saturated heterocycles. The second kappa shape index (κ2) is 5.65. The Balaban J connectivity index is 1.90. The number of hydrogen-bond donors (Lipinski definition) is 1. The van der Waals surface area contributed by atoms with Crippen LogP contribution < -0.4 is 5.73 Å². The molecule has 0 radical (unpaired) electrons. The summed E-state index contributed by atoms with van der Waals surface area (Å²) in [6, 6.07) is 12.0. The van der Waals surface area contributed by atoms with Crippen LogP contribution in [0.2, 0.25) is 0 Å². The summed E-state index contributed by atoms with van der Waals surface area (Å²) >= 11 is 3.35. The Bertz CT molecular complexity index is 788. The summed E-state index contributed by atoms with van der Waals surface area (Å²) in [4.78, 5) is 4.27. The van der Waals surface area contributed by atoms with E-state index in [2.05, 4.69) is 26.1 Å². The van der Waals surface area contributed by atoms with Crippen LogP contribution in [-0.4, -0.2) is 10.1 Å². The molecule has 106 valence electrons. The first kappa shape index (κ1) is 13.8. The lowest BCUT2D eigenvalue weighted by Gasteiger charge is -2.01. The van der Waals surface area contributed by atoms with Crippen LogP contribution >= 0.6 is 15.9 Å². The minimum Gasteiger partial charge on any atom is -0.397 e. The summed E-state index contributed by atoms with van der Waals surface area (Å²) in [5.41, 5.74) is 7.66. The third kappa shape index (κ3) is 2.80. The van der Waals surface area contributed by atoms with Gasteiger partial charge < -0.3 is 10.3 Å². The highest BCUT2D eigenvalue weighted by Gasteiger charge is 2.14. The first-order valence-corrected chi connectivity index (χ1v) is 7.05. The molecule has 0 unspecified atom stereocenters. The zero-order valence-corrected chi connectivity index (χ0v) is 12.5. The van der Waals surface area contributed by atoms with E-state index in [1.54, 1.807) is 24.3 Å². The van der Waals surface area contributed by atoms with Gasteiger partial charge in [0, 0.05) is 10.9 Å². The third-order valence-electron chi connectivity index (χ3n) is 3.06. The highest BCUT2D eigenvalue weighted by Crippen LogP contribution is 2.30. The van der Waals surface area contributed by atoms with Gasteiger partial charge in [-0.15, -0.1) is 0 Å². The highest BCUT2D eigenvalue weighted by molar-refractivity contribution is 9.10. The molecule has 0 bridgehead atoms. The van der Waals surface area contributed by atoms with Crippen molar-refractivity contribution in [2.75, 3.05) is 5.73 Å². The van der Waals surface area contributed by atoms with E-state index in [0.717, 1.165) is 4.47 Å². The van der Waals surface area contributed by atoms with Crippen molar-refractivity contribution in [1.29, 1.82) is 0 Å². The van der Waals surface area contributed by atoms with Gasteiger partial charge in [0.1, 0.15) is 5.82 Å². The molecule has 2 aromatic carbocycles. The fourth-order valence-electron chi connectivity index (χ4n) is 1.97. The Morgan fingerprint density at radius 3 is 2.76 bits per heavy atom. The molecule has 0 amide bonds. The number of benzene rings is 2. The molecule has 3 rings (SSSR count). The summed E-state index contributed by atoms with van der Waals surface area (Å²) in [7, 11) is 0. The van der Waals surface area contributed by atoms with Crippen LogP contribution in [0, 0.1) is 5.82 Å². The van der Waals surface area contributed by atoms with E-state index in [1.165, 1.54) is 6.07 Å². The van der Waals surface area contributed by atoms with E-state index in [9.17, 15) is 4.39 Å². The molecule has 0 aliphatic rings. The molecule has 1 aromatic heterocycles. The molecular formula is C15H11BrFN3O. The van der Waals surface area contributed by atoms with Gasteiger partial charge in [0.15, 0.2) is 5.82 Å². The number of nitrogen functional groups attached to an aromatic ring is 1. The molecule has 2 N–H and O–H groups in total. The van der Waals surface area contributed by atoms with E-state index in [4.69, 9.17) is 10.3 Å². The Kier molecular flexibility index (Phi) is 3.70. The van der Waals surface area contributed by atoms with E-state index in [1.807, 2.05) is 12.1 Å². The average Bonchev–Trinajstić information content (AvgIpc) is 2.93. The molecule has 0 fully saturated rings. The minimum atomic E-state index is -0.286. The van der Waals surface area contributed by atoms with Gasteiger partial charge in [-0.3, -0.25) is 0 Å².